The van der Waals surface area contributed by atoms with Crippen molar-refractivity contribution in [3.8, 4) is 17.7 Å². The molecule has 9 heteroatoms. The summed E-state index contributed by atoms with van der Waals surface area (Å²) < 4.78 is 5.79. The van der Waals surface area contributed by atoms with Gasteiger partial charge in [0.25, 0.3) is 0 Å². The lowest BCUT2D eigenvalue weighted by Gasteiger charge is -2.07. The maximum atomic E-state index is 11.0. The Bertz CT molecular complexity index is 715. The van der Waals surface area contributed by atoms with E-state index in [1.54, 1.807) is 0 Å². The summed E-state index contributed by atoms with van der Waals surface area (Å²) in [6.07, 6.45) is 0. The van der Waals surface area contributed by atoms with Crippen LogP contribution in [-0.4, -0.2) is 15.1 Å². The van der Waals surface area contributed by atoms with Crippen LogP contribution < -0.4 is 4.74 Å². The SMILES string of the molecule is N#Cc1cc(I)c(Oc2ccc(Cl)nn2)c([N+](=O)[O-])c1. The lowest BCUT2D eigenvalue weighted by atomic mass is 10.2. The first-order valence-electron chi connectivity index (χ1n) is 5.06. The lowest BCUT2D eigenvalue weighted by Crippen LogP contribution is -1.98. The van der Waals surface area contributed by atoms with Gasteiger partial charge in [-0.25, -0.2) is 0 Å². The fourth-order valence-corrected chi connectivity index (χ4v) is 2.17. The van der Waals surface area contributed by atoms with E-state index in [1.807, 2.05) is 28.7 Å². The highest BCUT2D eigenvalue weighted by atomic mass is 127. The molecule has 1 aromatic carbocycles. The third-order valence-corrected chi connectivity index (χ3v) is 3.17. The molecule has 0 radical (unpaired) electrons. The highest BCUT2D eigenvalue weighted by Crippen LogP contribution is 2.36. The Morgan fingerprint density at radius 1 is 1.40 bits per heavy atom. The number of nitrogens with zero attached hydrogens (tertiary/aromatic N) is 4. The van der Waals surface area contributed by atoms with Gasteiger partial charge in [-0.05, 0) is 34.7 Å². The Morgan fingerprint density at radius 2 is 2.15 bits per heavy atom. The molecule has 2 aromatic rings. The molecule has 0 saturated heterocycles. The van der Waals surface area contributed by atoms with Crippen LogP contribution in [0.5, 0.6) is 11.6 Å². The number of benzene rings is 1. The molecule has 0 aliphatic rings. The zero-order valence-corrected chi connectivity index (χ0v) is 12.5. The van der Waals surface area contributed by atoms with E-state index in [0.29, 0.717) is 3.57 Å². The normalized spacial score (nSPS) is 9.85. The van der Waals surface area contributed by atoms with E-state index >= 15 is 0 Å². The minimum absolute atomic E-state index is 0.00576. The molecule has 2 rings (SSSR count). The van der Waals surface area contributed by atoms with Gasteiger partial charge in [0.1, 0.15) is 0 Å². The monoisotopic (exact) mass is 402 g/mol. The summed E-state index contributed by atoms with van der Waals surface area (Å²) in [5.41, 5.74) is -0.138. The molecule has 0 saturated carbocycles. The zero-order valence-electron chi connectivity index (χ0n) is 9.58. The van der Waals surface area contributed by atoms with E-state index in [-0.39, 0.29) is 28.0 Å². The standard InChI is InChI=1S/C11H4ClIN4O3/c12-9-1-2-10(16-15-9)20-11-7(13)3-6(5-14)4-8(11)17(18)19/h1-4H. The van der Waals surface area contributed by atoms with Crippen molar-refractivity contribution in [1.29, 1.82) is 5.26 Å². The third kappa shape index (κ3) is 3.12. The lowest BCUT2D eigenvalue weighted by molar-refractivity contribution is -0.385. The van der Waals surface area contributed by atoms with Crippen LogP contribution in [-0.2, 0) is 0 Å². The van der Waals surface area contributed by atoms with Gasteiger partial charge in [-0.2, -0.15) is 5.26 Å². The average molecular weight is 403 g/mol. The van der Waals surface area contributed by atoms with Crippen molar-refractivity contribution in [3.05, 3.63) is 48.7 Å². The fraction of sp³-hybridized carbons (Fsp3) is 0. The van der Waals surface area contributed by atoms with E-state index < -0.39 is 4.92 Å². The molecule has 0 bridgehead atoms. The molecular weight excluding hydrogens is 399 g/mol. The highest BCUT2D eigenvalue weighted by molar-refractivity contribution is 14.1. The Labute approximate surface area is 131 Å². The second kappa shape index (κ2) is 5.98. The van der Waals surface area contributed by atoms with Gasteiger partial charge in [-0.15, -0.1) is 10.2 Å². The Morgan fingerprint density at radius 3 is 2.70 bits per heavy atom. The van der Waals surface area contributed by atoms with Gasteiger partial charge in [0, 0.05) is 12.1 Å². The maximum absolute atomic E-state index is 11.0. The first-order valence-corrected chi connectivity index (χ1v) is 6.52. The van der Waals surface area contributed by atoms with Crippen LogP contribution in [0.4, 0.5) is 5.69 Å². The summed E-state index contributed by atoms with van der Waals surface area (Å²) >= 11 is 7.44. The molecule has 7 nitrogen and oxygen atoms in total. The van der Waals surface area contributed by atoms with Crippen molar-refractivity contribution >= 4 is 39.9 Å². The smallest absolute Gasteiger partial charge is 0.314 e. The van der Waals surface area contributed by atoms with Crippen molar-refractivity contribution in [2.75, 3.05) is 0 Å². The Balaban J connectivity index is 2.48. The van der Waals surface area contributed by atoms with Gasteiger partial charge in [0.05, 0.1) is 20.1 Å². The molecule has 1 heterocycles. The van der Waals surface area contributed by atoms with Gasteiger partial charge in [0.15, 0.2) is 5.15 Å². The quantitative estimate of drug-likeness (QED) is 0.443. The molecule has 0 N–H and O–H groups in total. The zero-order chi connectivity index (χ0) is 14.7. The van der Waals surface area contributed by atoms with Gasteiger partial charge in [-0.3, -0.25) is 10.1 Å². The largest absolute Gasteiger partial charge is 0.429 e. The summed E-state index contributed by atoms with van der Waals surface area (Å²) in [4.78, 5) is 10.4. The number of nitriles is 1. The van der Waals surface area contributed by atoms with Gasteiger partial charge >= 0.3 is 5.69 Å². The number of nitro benzene ring substituents is 1. The van der Waals surface area contributed by atoms with Crippen molar-refractivity contribution in [2.45, 2.75) is 0 Å². The summed E-state index contributed by atoms with van der Waals surface area (Å²) in [6.45, 7) is 0. The minimum atomic E-state index is -0.623. The molecule has 100 valence electrons. The summed E-state index contributed by atoms with van der Waals surface area (Å²) in [7, 11) is 0. The average Bonchev–Trinajstić information content (AvgIpc) is 2.42. The summed E-state index contributed by atoms with van der Waals surface area (Å²) in [6, 6.07) is 7.36. The van der Waals surface area contributed by atoms with Gasteiger partial charge in [0.2, 0.25) is 11.6 Å². The molecule has 0 aliphatic carbocycles. The number of hydrogen-bond acceptors (Lipinski definition) is 6. The number of aromatic nitrogens is 2. The predicted molar refractivity (Wildman–Crippen MR) is 77.6 cm³/mol. The second-order valence-corrected chi connectivity index (χ2v) is 5.02. The number of hydrogen-bond donors (Lipinski definition) is 0. The van der Waals surface area contributed by atoms with E-state index in [9.17, 15) is 10.1 Å². The van der Waals surface area contributed by atoms with Crippen LogP contribution >= 0.6 is 34.2 Å². The van der Waals surface area contributed by atoms with Crippen molar-refractivity contribution < 1.29 is 9.66 Å². The van der Waals surface area contributed by atoms with Crippen LogP contribution in [0.3, 0.4) is 0 Å². The van der Waals surface area contributed by atoms with E-state index in [0.717, 1.165) is 6.07 Å². The van der Waals surface area contributed by atoms with Gasteiger partial charge in [-0.1, -0.05) is 11.6 Å². The summed E-state index contributed by atoms with van der Waals surface area (Å²) in [5, 5.41) is 27.3. The molecule has 0 atom stereocenters. The van der Waals surface area contributed by atoms with Gasteiger partial charge < -0.3 is 4.74 Å². The summed E-state index contributed by atoms with van der Waals surface area (Å²) in [5.74, 6) is 0.0753. The molecular formula is C11H4ClIN4O3. The van der Waals surface area contributed by atoms with Crippen LogP contribution in [0.1, 0.15) is 5.56 Å². The van der Waals surface area contributed by atoms with Crippen LogP contribution in [0.15, 0.2) is 24.3 Å². The third-order valence-electron chi connectivity index (χ3n) is 2.16. The van der Waals surface area contributed by atoms with Crippen molar-refractivity contribution in [1.82, 2.24) is 10.2 Å². The van der Waals surface area contributed by atoms with Crippen LogP contribution in [0, 0.1) is 25.0 Å². The molecule has 0 spiro atoms. The Hall–Kier alpha value is -1.99. The van der Waals surface area contributed by atoms with Crippen molar-refractivity contribution in [3.63, 3.8) is 0 Å². The molecule has 0 amide bonds. The number of nitro groups is 1. The second-order valence-electron chi connectivity index (χ2n) is 3.47. The van der Waals surface area contributed by atoms with Crippen LogP contribution in [0.25, 0.3) is 0 Å². The van der Waals surface area contributed by atoms with Crippen molar-refractivity contribution in [2.24, 2.45) is 0 Å². The minimum Gasteiger partial charge on any atom is -0.429 e. The van der Waals surface area contributed by atoms with E-state index in [1.165, 1.54) is 18.2 Å². The highest BCUT2D eigenvalue weighted by Gasteiger charge is 2.21. The first kappa shape index (κ1) is 14.4. The Kier molecular flexibility index (Phi) is 4.31. The molecule has 0 unspecified atom stereocenters. The van der Waals surface area contributed by atoms with Crippen LogP contribution in [0.2, 0.25) is 5.15 Å². The maximum Gasteiger partial charge on any atom is 0.314 e. The fourth-order valence-electron chi connectivity index (χ4n) is 1.34. The number of rotatable bonds is 3. The molecule has 1 aromatic heterocycles. The topological polar surface area (TPSA) is 102 Å². The van der Waals surface area contributed by atoms with E-state index in [2.05, 4.69) is 10.2 Å². The number of halogens is 2. The van der Waals surface area contributed by atoms with E-state index in [4.69, 9.17) is 21.6 Å². The molecule has 0 fully saturated rings. The number of ether oxygens (including phenoxy) is 1. The first-order chi connectivity index (χ1) is 9.51. The molecule has 20 heavy (non-hydrogen) atoms. The predicted octanol–water partition coefficient (Wildman–Crippen LogP) is 3.31. The molecule has 0 aliphatic heterocycles.